The maximum Gasteiger partial charge on any atom is 0.257 e. The Kier molecular flexibility index (Phi) is 11.0. The smallest absolute Gasteiger partial charge is 0.257 e. The van der Waals surface area contributed by atoms with Gasteiger partial charge in [0.15, 0.2) is 0 Å². The van der Waals surface area contributed by atoms with Crippen LogP contribution in [0.25, 0.3) is 0 Å². The summed E-state index contributed by atoms with van der Waals surface area (Å²) in [4.78, 5) is 35.9. The fourth-order valence-electron chi connectivity index (χ4n) is 3.47. The summed E-state index contributed by atoms with van der Waals surface area (Å²) in [5, 5.41) is 5.00. The number of unbranched alkanes of at least 4 members (excludes halogenated alkanes) is 1. The van der Waals surface area contributed by atoms with E-state index in [1.54, 1.807) is 24.3 Å². The molecule has 0 atom stereocenters. The Morgan fingerprint density at radius 3 is 1.82 bits per heavy atom. The van der Waals surface area contributed by atoms with Gasteiger partial charge in [0, 0.05) is 11.3 Å². The minimum absolute atomic E-state index is 0. The molecule has 0 saturated heterocycles. The first-order valence-electron chi connectivity index (χ1n) is 11.1. The molecular formula is C27H30ClN3O3. The van der Waals surface area contributed by atoms with Crippen molar-refractivity contribution in [3.05, 3.63) is 101 Å². The number of amides is 3. The second kappa shape index (κ2) is 13.9. The van der Waals surface area contributed by atoms with Gasteiger partial charge >= 0.3 is 0 Å². The number of hydrogen-bond donors (Lipinski definition) is 3. The summed E-state index contributed by atoms with van der Waals surface area (Å²) < 4.78 is 0. The summed E-state index contributed by atoms with van der Waals surface area (Å²) >= 11 is 0. The van der Waals surface area contributed by atoms with Crippen LogP contribution in [0.3, 0.4) is 0 Å². The zero-order valence-electron chi connectivity index (χ0n) is 19.0. The Hall–Kier alpha value is -3.48. The van der Waals surface area contributed by atoms with Gasteiger partial charge in [-0.1, -0.05) is 54.6 Å². The van der Waals surface area contributed by atoms with Gasteiger partial charge in [-0.15, -0.1) is 12.4 Å². The summed E-state index contributed by atoms with van der Waals surface area (Å²) in [7, 11) is 0. The lowest BCUT2D eigenvalue weighted by molar-refractivity contribution is -0.119. The Morgan fingerprint density at radius 2 is 1.24 bits per heavy atom. The lowest BCUT2D eigenvalue weighted by Gasteiger charge is -2.07. The lowest BCUT2D eigenvalue weighted by Crippen LogP contribution is -2.31. The molecule has 0 fully saturated rings. The third-order valence-corrected chi connectivity index (χ3v) is 5.28. The number of hydrogen-bond acceptors (Lipinski definition) is 4. The van der Waals surface area contributed by atoms with E-state index in [-0.39, 0.29) is 37.2 Å². The molecule has 0 unspecified atom stereocenters. The number of carbonyl (C=O) groups excluding carboxylic acids is 3. The van der Waals surface area contributed by atoms with Crippen LogP contribution in [0.2, 0.25) is 0 Å². The van der Waals surface area contributed by atoms with Crippen molar-refractivity contribution in [1.82, 2.24) is 5.32 Å². The molecule has 3 aromatic carbocycles. The fourth-order valence-corrected chi connectivity index (χ4v) is 3.47. The van der Waals surface area contributed by atoms with Crippen molar-refractivity contribution >= 4 is 35.8 Å². The van der Waals surface area contributed by atoms with Crippen LogP contribution < -0.4 is 16.4 Å². The van der Waals surface area contributed by atoms with Crippen molar-refractivity contribution in [2.24, 2.45) is 5.73 Å². The highest BCUT2D eigenvalue weighted by Crippen LogP contribution is 2.12. The summed E-state index contributed by atoms with van der Waals surface area (Å²) in [6.07, 6.45) is 4.46. The molecule has 0 bridgehead atoms. The van der Waals surface area contributed by atoms with Crippen molar-refractivity contribution in [3.63, 3.8) is 0 Å². The number of aryl methyl sites for hydroxylation is 2. The van der Waals surface area contributed by atoms with E-state index in [2.05, 4.69) is 34.9 Å². The van der Waals surface area contributed by atoms with E-state index in [0.29, 0.717) is 11.3 Å². The summed E-state index contributed by atoms with van der Waals surface area (Å²) in [5.41, 5.74) is 9.59. The highest BCUT2D eigenvalue weighted by molar-refractivity contribution is 6.05. The number of halogens is 1. The minimum Gasteiger partial charge on any atom is -0.325 e. The van der Waals surface area contributed by atoms with Crippen LogP contribution in [0.15, 0.2) is 78.9 Å². The minimum atomic E-state index is -0.480. The number of anilines is 1. The number of benzene rings is 3. The molecule has 3 amide bonds. The van der Waals surface area contributed by atoms with E-state index < -0.39 is 5.91 Å². The van der Waals surface area contributed by atoms with Crippen LogP contribution in [0.1, 0.15) is 39.9 Å². The van der Waals surface area contributed by atoms with Crippen LogP contribution in [0.4, 0.5) is 5.69 Å². The van der Waals surface area contributed by atoms with Gasteiger partial charge in [0.2, 0.25) is 11.8 Å². The van der Waals surface area contributed by atoms with Gasteiger partial charge in [-0.2, -0.15) is 0 Å². The SMILES string of the molecule is Cl.NCC(=O)Nc1ccc(C(=O)NC(=O)Cc2ccc(CCCCc3ccccc3)cc2)cc1. The van der Waals surface area contributed by atoms with Gasteiger partial charge in [0.1, 0.15) is 0 Å². The molecule has 0 aliphatic heterocycles. The average Bonchev–Trinajstić information content (AvgIpc) is 2.83. The van der Waals surface area contributed by atoms with Crippen LogP contribution in [-0.4, -0.2) is 24.3 Å². The van der Waals surface area contributed by atoms with Gasteiger partial charge in [-0.3, -0.25) is 19.7 Å². The molecule has 0 radical (unpaired) electrons. The molecule has 178 valence electrons. The van der Waals surface area contributed by atoms with Gasteiger partial charge in [0.25, 0.3) is 5.91 Å². The highest BCUT2D eigenvalue weighted by Gasteiger charge is 2.11. The molecule has 6 nitrogen and oxygen atoms in total. The quantitative estimate of drug-likeness (QED) is 0.381. The molecule has 4 N–H and O–H groups in total. The molecule has 0 saturated carbocycles. The molecule has 0 aromatic heterocycles. The first-order valence-corrected chi connectivity index (χ1v) is 11.1. The number of rotatable bonds is 10. The normalized spacial score (nSPS) is 10.1. The van der Waals surface area contributed by atoms with Crippen LogP contribution in [0.5, 0.6) is 0 Å². The zero-order valence-corrected chi connectivity index (χ0v) is 19.8. The highest BCUT2D eigenvalue weighted by atomic mass is 35.5. The van der Waals surface area contributed by atoms with E-state index in [9.17, 15) is 14.4 Å². The molecule has 0 aliphatic carbocycles. The third-order valence-electron chi connectivity index (χ3n) is 5.28. The van der Waals surface area contributed by atoms with Crippen LogP contribution in [0, 0.1) is 0 Å². The zero-order chi connectivity index (χ0) is 23.5. The van der Waals surface area contributed by atoms with Crippen molar-refractivity contribution < 1.29 is 14.4 Å². The Morgan fingerprint density at radius 1 is 0.676 bits per heavy atom. The van der Waals surface area contributed by atoms with Gasteiger partial charge in [0.05, 0.1) is 13.0 Å². The first-order chi connectivity index (χ1) is 16.0. The predicted octanol–water partition coefficient (Wildman–Crippen LogP) is 4.07. The molecule has 0 aliphatic rings. The predicted molar refractivity (Wildman–Crippen MR) is 137 cm³/mol. The molecule has 0 spiro atoms. The largest absolute Gasteiger partial charge is 0.325 e. The summed E-state index contributed by atoms with van der Waals surface area (Å²) in [6, 6.07) is 24.7. The number of nitrogens with one attached hydrogen (secondary N) is 2. The number of nitrogens with two attached hydrogens (primary N) is 1. The second-order valence-electron chi connectivity index (χ2n) is 7.89. The van der Waals surface area contributed by atoms with E-state index in [1.165, 1.54) is 11.1 Å². The molecule has 7 heteroatoms. The molecule has 3 rings (SSSR count). The van der Waals surface area contributed by atoms with Crippen molar-refractivity contribution in [2.75, 3.05) is 11.9 Å². The average molecular weight is 480 g/mol. The Bertz CT molecular complexity index is 1070. The van der Waals surface area contributed by atoms with E-state index in [4.69, 9.17) is 5.73 Å². The van der Waals surface area contributed by atoms with Crippen molar-refractivity contribution in [2.45, 2.75) is 32.1 Å². The van der Waals surface area contributed by atoms with E-state index >= 15 is 0 Å². The molecule has 0 heterocycles. The Balaban J connectivity index is 0.00000408. The maximum atomic E-state index is 12.3. The van der Waals surface area contributed by atoms with Gasteiger partial charge in [-0.05, 0) is 66.6 Å². The Labute approximate surface area is 206 Å². The second-order valence-corrected chi connectivity index (χ2v) is 7.89. The first kappa shape index (κ1) is 26.8. The topological polar surface area (TPSA) is 101 Å². The molecule has 34 heavy (non-hydrogen) atoms. The summed E-state index contributed by atoms with van der Waals surface area (Å²) in [6.45, 7) is -0.119. The molecular weight excluding hydrogens is 450 g/mol. The maximum absolute atomic E-state index is 12.3. The van der Waals surface area contributed by atoms with E-state index in [1.807, 2.05) is 30.3 Å². The van der Waals surface area contributed by atoms with Gasteiger partial charge in [-0.25, -0.2) is 0 Å². The lowest BCUT2D eigenvalue weighted by atomic mass is 10.0. The van der Waals surface area contributed by atoms with Crippen molar-refractivity contribution in [3.8, 4) is 0 Å². The monoisotopic (exact) mass is 479 g/mol. The fraction of sp³-hybridized carbons (Fsp3) is 0.222. The van der Waals surface area contributed by atoms with Crippen LogP contribution in [-0.2, 0) is 28.9 Å². The third kappa shape index (κ3) is 8.81. The summed E-state index contributed by atoms with van der Waals surface area (Å²) in [5.74, 6) is -1.16. The van der Waals surface area contributed by atoms with Gasteiger partial charge < -0.3 is 11.1 Å². The van der Waals surface area contributed by atoms with Crippen LogP contribution >= 0.6 is 12.4 Å². The standard InChI is InChI=1S/C27H29N3O3.ClH/c28-19-26(32)29-24-16-14-23(15-17-24)27(33)30-25(31)18-22-12-10-21(11-13-22)9-5-4-8-20-6-2-1-3-7-20;/h1-3,6-7,10-17H,4-5,8-9,18-19,28H2,(H,29,32)(H,30,31,33);1H. The van der Waals surface area contributed by atoms with Crippen molar-refractivity contribution in [1.29, 1.82) is 0 Å². The number of carbonyl (C=O) groups is 3. The van der Waals surface area contributed by atoms with E-state index in [0.717, 1.165) is 31.2 Å². The number of imide groups is 1. The molecule has 3 aromatic rings.